The number of hydrogen-bond donors (Lipinski definition) is 1. The molecular formula is H3MoN2O3-. The van der Waals surface area contributed by atoms with Crippen molar-refractivity contribution in [1.82, 2.24) is 6.15 Å². The van der Waals surface area contributed by atoms with Crippen LogP contribution in [0.15, 0.2) is 0 Å². The van der Waals surface area contributed by atoms with Gasteiger partial charge in [-0.3, -0.25) is 0 Å². The van der Waals surface area contributed by atoms with Gasteiger partial charge >= 0.3 is 0 Å². The second-order valence-corrected chi connectivity index (χ2v) is 0.224. The fourth-order valence-electron chi connectivity index (χ4n) is 0. The Labute approximate surface area is 48.3 Å². The predicted octanol–water partition coefficient (Wildman–Crippen LogP) is -0.0796. The van der Waals surface area contributed by atoms with E-state index in [-0.39, 0.29) is 27.2 Å². The molecule has 0 saturated heterocycles. The van der Waals surface area contributed by atoms with Crippen molar-refractivity contribution in [2.75, 3.05) is 0 Å². The van der Waals surface area contributed by atoms with Crippen LogP contribution in [0.5, 0.6) is 0 Å². The molecule has 0 heterocycles. The molecule has 0 fully saturated rings. The molecular weight excluding hydrogens is 172 g/mol. The van der Waals surface area contributed by atoms with Gasteiger partial charge in [-0.2, -0.15) is 0 Å². The topological polar surface area (TPSA) is 101 Å². The Morgan fingerprint density at radius 3 is 1.33 bits per heavy atom. The first-order valence-electron chi connectivity index (χ1n) is 0.548. The predicted molar refractivity (Wildman–Crippen MR) is 15.4 cm³/mol. The minimum Gasteiger partial charge on any atom is -0.356 e. The summed E-state index contributed by atoms with van der Waals surface area (Å²) in [5.41, 5.74) is 0. The van der Waals surface area contributed by atoms with Crippen LogP contribution in [0, 0.1) is 15.3 Å². The van der Waals surface area contributed by atoms with E-state index in [2.05, 4.69) is 0 Å². The summed E-state index contributed by atoms with van der Waals surface area (Å²) >= 11 is 0. The van der Waals surface area contributed by atoms with Crippen LogP contribution >= 0.6 is 0 Å². The fourth-order valence-corrected chi connectivity index (χ4v) is 0. The van der Waals surface area contributed by atoms with Crippen molar-refractivity contribution in [2.45, 2.75) is 0 Å². The van der Waals surface area contributed by atoms with Crippen molar-refractivity contribution in [3.63, 3.8) is 0 Å². The Morgan fingerprint density at radius 1 is 1.33 bits per heavy atom. The van der Waals surface area contributed by atoms with Crippen LogP contribution in [0.25, 0.3) is 0 Å². The van der Waals surface area contributed by atoms with Gasteiger partial charge in [-0.05, 0) is 0 Å². The summed E-state index contributed by atoms with van der Waals surface area (Å²) in [6.45, 7) is 0. The first-order chi connectivity index (χ1) is 1.73. The van der Waals surface area contributed by atoms with E-state index in [1.54, 1.807) is 0 Å². The van der Waals surface area contributed by atoms with Crippen molar-refractivity contribution >= 4 is 0 Å². The van der Waals surface area contributed by atoms with Gasteiger partial charge in [-0.15, -0.1) is 0 Å². The van der Waals surface area contributed by atoms with E-state index in [1.165, 1.54) is 0 Å². The van der Waals surface area contributed by atoms with E-state index in [0.29, 0.717) is 0 Å². The average Bonchev–Trinajstić information content (AvgIpc) is 0.811. The van der Waals surface area contributed by atoms with Crippen LogP contribution < -0.4 is 6.15 Å². The Bertz CT molecular complexity index is 31.8. The van der Waals surface area contributed by atoms with E-state index >= 15 is 0 Å². The van der Waals surface area contributed by atoms with Crippen molar-refractivity contribution in [1.29, 1.82) is 0 Å². The second kappa shape index (κ2) is 8.85. The Morgan fingerprint density at radius 2 is 1.33 bits per heavy atom. The zero-order valence-corrected chi connectivity index (χ0v) is 4.79. The molecule has 0 bridgehead atoms. The smallest absolute Gasteiger partial charge is 0.0689 e. The maximum atomic E-state index is 8.25. The summed E-state index contributed by atoms with van der Waals surface area (Å²) in [7, 11) is 0. The fraction of sp³-hybridized carbons (Fsp3) is 0. The van der Waals surface area contributed by atoms with Gasteiger partial charge in [0.15, 0.2) is 0 Å². The Balaban J connectivity index is -0.0000000450. The molecule has 3 N–H and O–H groups in total. The summed E-state index contributed by atoms with van der Waals surface area (Å²) < 4.78 is 0. The SMILES string of the molecule is N.O=[N+]([O-])[O-].[Mo]. The van der Waals surface area contributed by atoms with Crippen molar-refractivity contribution in [2.24, 2.45) is 0 Å². The molecule has 38 valence electrons. The van der Waals surface area contributed by atoms with Crippen molar-refractivity contribution in [3.8, 4) is 0 Å². The van der Waals surface area contributed by atoms with Gasteiger partial charge < -0.3 is 21.5 Å². The molecule has 0 atom stereocenters. The molecule has 0 amide bonds. The summed E-state index contributed by atoms with van der Waals surface area (Å²) in [6.07, 6.45) is 0. The maximum absolute atomic E-state index is 8.25. The van der Waals surface area contributed by atoms with E-state index in [1.807, 2.05) is 0 Å². The van der Waals surface area contributed by atoms with Crippen LogP contribution in [0.4, 0.5) is 0 Å². The van der Waals surface area contributed by atoms with Gasteiger partial charge in [0.2, 0.25) is 0 Å². The molecule has 0 aromatic heterocycles. The molecule has 0 rings (SSSR count). The maximum Gasteiger partial charge on any atom is 0.0689 e. The molecule has 0 spiro atoms. The third kappa shape index (κ3) is 1360. The molecule has 6 heteroatoms. The minimum absolute atomic E-state index is 0. The van der Waals surface area contributed by atoms with Gasteiger partial charge in [-0.25, -0.2) is 0 Å². The molecule has 0 aliphatic heterocycles. The summed E-state index contributed by atoms with van der Waals surface area (Å²) in [4.78, 5) is 8.25. The molecule has 0 radical (unpaired) electrons. The average molecular weight is 175 g/mol. The molecule has 0 aromatic rings. The Kier molecular flexibility index (Phi) is 25.0. The minimum atomic E-state index is -1.75. The molecule has 0 aromatic carbocycles. The zero-order valence-electron chi connectivity index (χ0n) is 2.79. The van der Waals surface area contributed by atoms with Gasteiger partial charge in [0.25, 0.3) is 0 Å². The monoisotopic (exact) mass is 177 g/mol. The van der Waals surface area contributed by atoms with Crippen molar-refractivity contribution < 1.29 is 26.2 Å². The molecule has 5 nitrogen and oxygen atoms in total. The zero-order chi connectivity index (χ0) is 3.58. The standard InChI is InChI=1S/Mo.NO3.H3N/c;2-1(3)4;/h;;1H3/q;-1;. The van der Waals surface area contributed by atoms with Crippen LogP contribution in [-0.4, -0.2) is 5.09 Å². The van der Waals surface area contributed by atoms with E-state index in [0.717, 1.165) is 0 Å². The largest absolute Gasteiger partial charge is 0.356 e. The third-order valence-corrected chi connectivity index (χ3v) is 0. The van der Waals surface area contributed by atoms with Gasteiger partial charge in [0.05, 0.1) is 5.09 Å². The second-order valence-electron chi connectivity index (χ2n) is 0.224. The normalized spacial score (nSPS) is 4.00. The van der Waals surface area contributed by atoms with Gasteiger partial charge in [0.1, 0.15) is 0 Å². The van der Waals surface area contributed by atoms with Crippen molar-refractivity contribution in [3.05, 3.63) is 15.3 Å². The van der Waals surface area contributed by atoms with E-state index in [4.69, 9.17) is 15.3 Å². The first kappa shape index (κ1) is 16.9. The number of hydrogen-bond acceptors (Lipinski definition) is 4. The molecule has 0 unspecified atom stereocenters. The molecule has 0 aliphatic rings. The van der Waals surface area contributed by atoms with E-state index in [9.17, 15) is 0 Å². The third-order valence-electron chi connectivity index (χ3n) is 0. The van der Waals surface area contributed by atoms with Crippen LogP contribution in [0.2, 0.25) is 0 Å². The van der Waals surface area contributed by atoms with Crippen LogP contribution in [0.1, 0.15) is 0 Å². The van der Waals surface area contributed by atoms with Crippen LogP contribution in [0.3, 0.4) is 0 Å². The van der Waals surface area contributed by atoms with Gasteiger partial charge in [0, 0.05) is 21.1 Å². The number of nitrogens with zero attached hydrogens (tertiary/aromatic N) is 1. The Hall–Kier alpha value is -0.152. The van der Waals surface area contributed by atoms with E-state index < -0.39 is 5.09 Å². The number of rotatable bonds is 0. The van der Waals surface area contributed by atoms with Gasteiger partial charge in [-0.1, -0.05) is 0 Å². The summed E-state index contributed by atoms with van der Waals surface area (Å²) in [6, 6.07) is 0. The summed E-state index contributed by atoms with van der Waals surface area (Å²) in [5, 5.41) is 14.8. The molecule has 6 heavy (non-hydrogen) atoms. The molecule has 0 aliphatic carbocycles. The van der Waals surface area contributed by atoms with Crippen LogP contribution in [-0.2, 0) is 21.1 Å². The first-order valence-corrected chi connectivity index (χ1v) is 0.548. The summed E-state index contributed by atoms with van der Waals surface area (Å²) in [5.74, 6) is 0. The quantitative estimate of drug-likeness (QED) is 0.316. The molecule has 0 saturated carbocycles.